The Bertz CT molecular complexity index is 657. The first-order valence-corrected chi connectivity index (χ1v) is 7.25. The molecule has 1 saturated carbocycles. The highest BCUT2D eigenvalue weighted by Gasteiger charge is 2.68. The fourth-order valence-electron chi connectivity index (χ4n) is 3.15. The molecule has 1 aromatic carbocycles. The van der Waals surface area contributed by atoms with Crippen molar-refractivity contribution in [3.05, 3.63) is 29.8 Å². The van der Waals surface area contributed by atoms with Gasteiger partial charge in [-0.15, -0.1) is 0 Å². The van der Waals surface area contributed by atoms with Gasteiger partial charge in [0, 0.05) is 11.3 Å². The van der Waals surface area contributed by atoms with Crippen LogP contribution in [0.3, 0.4) is 0 Å². The van der Waals surface area contributed by atoms with E-state index in [1.807, 2.05) is 0 Å². The molecule has 23 heavy (non-hydrogen) atoms. The van der Waals surface area contributed by atoms with Crippen LogP contribution in [0.2, 0.25) is 0 Å². The molecule has 1 fully saturated rings. The van der Waals surface area contributed by atoms with E-state index in [2.05, 4.69) is 5.10 Å². The van der Waals surface area contributed by atoms with Crippen LogP contribution in [0.1, 0.15) is 36.0 Å². The molecular formula is C15H15F3N2O3. The lowest BCUT2D eigenvalue weighted by Crippen LogP contribution is -2.61. The predicted molar refractivity (Wildman–Crippen MR) is 74.7 cm³/mol. The van der Waals surface area contributed by atoms with Crippen LogP contribution in [-0.2, 0) is 0 Å². The highest BCUT2D eigenvalue weighted by Crippen LogP contribution is 2.48. The molecule has 124 valence electrons. The average molecular weight is 328 g/mol. The molecule has 2 N–H and O–H groups in total. The van der Waals surface area contributed by atoms with E-state index in [1.165, 1.54) is 24.3 Å². The number of aliphatic hydroxyl groups is 1. The predicted octanol–water partition coefficient (Wildman–Crippen LogP) is 2.65. The Morgan fingerprint density at radius 3 is 2.52 bits per heavy atom. The maximum absolute atomic E-state index is 13.5. The quantitative estimate of drug-likeness (QED) is 0.832. The number of phenolic OH excluding ortho intramolecular Hbond substituents is 1. The van der Waals surface area contributed by atoms with Crippen molar-refractivity contribution < 1.29 is 28.2 Å². The van der Waals surface area contributed by atoms with Gasteiger partial charge in [-0.3, -0.25) is 4.79 Å². The Morgan fingerprint density at radius 2 is 1.91 bits per heavy atom. The molecule has 1 aliphatic heterocycles. The largest absolute Gasteiger partial charge is 0.508 e. The summed E-state index contributed by atoms with van der Waals surface area (Å²) in [4.78, 5) is 12.4. The molecule has 0 unspecified atom stereocenters. The topological polar surface area (TPSA) is 73.1 Å². The number of benzene rings is 1. The highest BCUT2D eigenvalue weighted by atomic mass is 19.4. The van der Waals surface area contributed by atoms with Gasteiger partial charge < -0.3 is 10.2 Å². The second-order valence-corrected chi connectivity index (χ2v) is 5.78. The zero-order chi connectivity index (χ0) is 16.8. The third-order valence-corrected chi connectivity index (χ3v) is 4.34. The number of hydrogen-bond donors (Lipinski definition) is 2. The summed E-state index contributed by atoms with van der Waals surface area (Å²) in [7, 11) is 0. The Balaban J connectivity index is 2.03. The number of fused-ring (bicyclic) bond motifs is 1. The summed E-state index contributed by atoms with van der Waals surface area (Å²) in [6, 6.07) is 4.76. The molecular weight excluding hydrogens is 313 g/mol. The van der Waals surface area contributed by atoms with E-state index in [4.69, 9.17) is 0 Å². The van der Waals surface area contributed by atoms with Crippen LogP contribution in [0, 0.1) is 5.92 Å². The molecule has 0 bridgehead atoms. The molecule has 0 aromatic heterocycles. The number of amides is 1. The second kappa shape index (κ2) is 5.23. The summed E-state index contributed by atoms with van der Waals surface area (Å²) >= 11 is 0. The number of hydrazone groups is 1. The van der Waals surface area contributed by atoms with Crippen molar-refractivity contribution in [2.24, 2.45) is 11.0 Å². The molecule has 2 aliphatic rings. The normalized spacial score (nSPS) is 27.6. The zero-order valence-electron chi connectivity index (χ0n) is 12.0. The molecule has 0 saturated heterocycles. The summed E-state index contributed by atoms with van der Waals surface area (Å²) in [5.41, 5.74) is -3.20. The summed E-state index contributed by atoms with van der Waals surface area (Å²) in [5.74, 6) is -2.39. The number of aromatic hydroxyl groups is 1. The van der Waals surface area contributed by atoms with E-state index in [0.29, 0.717) is 19.3 Å². The van der Waals surface area contributed by atoms with Crippen molar-refractivity contribution in [3.8, 4) is 5.75 Å². The molecule has 0 radical (unpaired) electrons. The van der Waals surface area contributed by atoms with Crippen LogP contribution < -0.4 is 0 Å². The SMILES string of the molecule is O=C(c1ccc(O)cc1)N1N=C2CCCC[C@@H]2[C@@]1(O)C(F)(F)F. The summed E-state index contributed by atoms with van der Waals surface area (Å²) < 4.78 is 40.6. The molecule has 1 aliphatic carbocycles. The lowest BCUT2D eigenvalue weighted by atomic mass is 9.80. The van der Waals surface area contributed by atoms with Gasteiger partial charge in [-0.05, 0) is 43.5 Å². The van der Waals surface area contributed by atoms with Crippen molar-refractivity contribution >= 4 is 11.6 Å². The van der Waals surface area contributed by atoms with E-state index in [1.54, 1.807) is 0 Å². The maximum Gasteiger partial charge on any atom is 0.439 e. The number of phenols is 1. The van der Waals surface area contributed by atoms with Gasteiger partial charge in [0.1, 0.15) is 5.75 Å². The van der Waals surface area contributed by atoms with Crippen LogP contribution in [0.5, 0.6) is 5.75 Å². The second-order valence-electron chi connectivity index (χ2n) is 5.78. The van der Waals surface area contributed by atoms with Gasteiger partial charge in [0.25, 0.3) is 11.6 Å². The first-order chi connectivity index (χ1) is 10.7. The van der Waals surface area contributed by atoms with Gasteiger partial charge in [-0.25, -0.2) is 0 Å². The fourth-order valence-corrected chi connectivity index (χ4v) is 3.15. The maximum atomic E-state index is 13.5. The zero-order valence-corrected chi connectivity index (χ0v) is 12.0. The van der Waals surface area contributed by atoms with E-state index in [-0.39, 0.29) is 28.5 Å². The lowest BCUT2D eigenvalue weighted by molar-refractivity contribution is -0.312. The van der Waals surface area contributed by atoms with Crippen LogP contribution >= 0.6 is 0 Å². The summed E-state index contributed by atoms with van der Waals surface area (Å²) in [6.07, 6.45) is -3.32. The average Bonchev–Trinajstić information content (AvgIpc) is 2.82. The third kappa shape index (κ3) is 2.37. The number of halogens is 3. The molecule has 1 heterocycles. The van der Waals surface area contributed by atoms with Crippen molar-refractivity contribution in [1.29, 1.82) is 0 Å². The number of carbonyl (C=O) groups is 1. The van der Waals surface area contributed by atoms with E-state index >= 15 is 0 Å². The monoisotopic (exact) mass is 328 g/mol. The minimum Gasteiger partial charge on any atom is -0.508 e. The first-order valence-electron chi connectivity index (χ1n) is 7.25. The molecule has 5 nitrogen and oxygen atoms in total. The molecule has 1 aromatic rings. The van der Waals surface area contributed by atoms with Gasteiger partial charge in [-0.2, -0.15) is 23.3 Å². The van der Waals surface area contributed by atoms with Gasteiger partial charge in [0.15, 0.2) is 0 Å². The molecule has 2 atom stereocenters. The Morgan fingerprint density at radius 1 is 1.26 bits per heavy atom. The number of rotatable bonds is 1. The Kier molecular flexibility index (Phi) is 3.59. The van der Waals surface area contributed by atoms with Gasteiger partial charge in [-0.1, -0.05) is 6.42 Å². The first kappa shape index (κ1) is 15.8. The third-order valence-electron chi connectivity index (χ3n) is 4.34. The van der Waals surface area contributed by atoms with Crippen LogP contribution in [0.25, 0.3) is 0 Å². The van der Waals surface area contributed by atoms with Gasteiger partial charge in [0.2, 0.25) is 0 Å². The fraction of sp³-hybridized carbons (Fsp3) is 0.467. The van der Waals surface area contributed by atoms with Crippen molar-refractivity contribution in [2.45, 2.75) is 37.6 Å². The van der Waals surface area contributed by atoms with Gasteiger partial charge in [0.05, 0.1) is 5.92 Å². The van der Waals surface area contributed by atoms with Crippen LogP contribution in [-0.4, -0.2) is 38.7 Å². The number of hydrogen-bond acceptors (Lipinski definition) is 4. The number of alkyl halides is 3. The van der Waals surface area contributed by atoms with Crippen molar-refractivity contribution in [2.75, 3.05) is 0 Å². The Labute approximate surface area is 130 Å². The highest BCUT2D eigenvalue weighted by molar-refractivity contribution is 5.99. The minimum atomic E-state index is -5.02. The van der Waals surface area contributed by atoms with E-state index < -0.39 is 23.7 Å². The van der Waals surface area contributed by atoms with E-state index in [9.17, 15) is 28.2 Å². The molecule has 8 heteroatoms. The summed E-state index contributed by atoms with van der Waals surface area (Å²) in [5, 5.41) is 23.6. The van der Waals surface area contributed by atoms with E-state index in [0.717, 1.165) is 0 Å². The van der Waals surface area contributed by atoms with Crippen LogP contribution in [0.4, 0.5) is 13.2 Å². The van der Waals surface area contributed by atoms with Gasteiger partial charge >= 0.3 is 6.18 Å². The number of carbonyl (C=O) groups excluding carboxylic acids is 1. The summed E-state index contributed by atoms with van der Waals surface area (Å²) in [6.45, 7) is 0. The Hall–Kier alpha value is -2.09. The van der Waals surface area contributed by atoms with Crippen LogP contribution in [0.15, 0.2) is 29.4 Å². The van der Waals surface area contributed by atoms with Crippen molar-refractivity contribution in [3.63, 3.8) is 0 Å². The standard InChI is InChI=1S/C15H15F3N2O3/c16-15(17,18)14(23)11-3-1-2-4-12(11)19-20(14)13(22)9-5-7-10(21)8-6-9/h5-8,11,21,23H,1-4H2/t11-,14+/m0/s1. The van der Waals surface area contributed by atoms with Crippen molar-refractivity contribution in [1.82, 2.24) is 5.01 Å². The lowest BCUT2D eigenvalue weighted by Gasteiger charge is -2.38. The number of nitrogens with zero attached hydrogens (tertiary/aromatic N) is 2. The molecule has 1 amide bonds. The molecule has 0 spiro atoms. The minimum absolute atomic E-state index is 0.0894. The molecule has 3 rings (SSSR count). The smallest absolute Gasteiger partial charge is 0.439 e.